The van der Waals surface area contributed by atoms with Gasteiger partial charge >= 0.3 is 0 Å². The number of aryl methyl sites for hydroxylation is 1. The molecular weight excluding hydrogens is 255 g/mol. The maximum Gasteiger partial charge on any atom is 0.145 e. The molecule has 0 spiro atoms. The monoisotopic (exact) mass is 268 g/mol. The molecule has 1 heterocycles. The fraction of sp³-hybridized carbons (Fsp3) is 0.250. The van der Waals surface area contributed by atoms with Crippen LogP contribution in [0.3, 0.4) is 0 Å². The van der Waals surface area contributed by atoms with Gasteiger partial charge in [0.1, 0.15) is 5.82 Å². The van der Waals surface area contributed by atoms with Gasteiger partial charge in [0, 0.05) is 18.8 Å². The van der Waals surface area contributed by atoms with E-state index in [0.29, 0.717) is 12.0 Å². The van der Waals surface area contributed by atoms with Crippen LogP contribution in [0.25, 0.3) is 0 Å². The minimum absolute atomic E-state index is 0.120. The summed E-state index contributed by atoms with van der Waals surface area (Å²) in [5.41, 5.74) is 4.09. The number of nitrogens with one attached hydrogen (secondary N) is 1. The highest BCUT2D eigenvalue weighted by molar-refractivity contribution is 6.30. The van der Waals surface area contributed by atoms with E-state index in [4.69, 9.17) is 17.4 Å². The lowest BCUT2D eigenvalue weighted by atomic mass is 10.0. The normalized spacial score (nSPS) is 12.7. The van der Waals surface area contributed by atoms with Crippen molar-refractivity contribution in [2.75, 3.05) is 0 Å². The second-order valence-corrected chi connectivity index (χ2v) is 4.49. The van der Waals surface area contributed by atoms with E-state index in [9.17, 15) is 4.39 Å². The molecule has 0 saturated carbocycles. The summed E-state index contributed by atoms with van der Waals surface area (Å²) in [6, 6.07) is 4.74. The van der Waals surface area contributed by atoms with E-state index in [2.05, 4.69) is 10.5 Å². The summed E-state index contributed by atoms with van der Waals surface area (Å²) in [6.07, 6.45) is 3.95. The lowest BCUT2D eigenvalue weighted by molar-refractivity contribution is 0.529. The van der Waals surface area contributed by atoms with Crippen molar-refractivity contribution in [2.24, 2.45) is 12.9 Å². The molecule has 0 fully saturated rings. The zero-order valence-corrected chi connectivity index (χ0v) is 10.7. The lowest BCUT2D eigenvalue weighted by Crippen LogP contribution is -2.29. The molecule has 0 amide bonds. The number of halogens is 2. The highest BCUT2D eigenvalue weighted by Crippen LogP contribution is 2.23. The van der Waals surface area contributed by atoms with E-state index in [0.717, 1.165) is 5.56 Å². The Hall–Kier alpha value is -1.43. The molecule has 3 N–H and O–H groups in total. The second kappa shape index (κ2) is 5.48. The minimum Gasteiger partial charge on any atom is -0.275 e. The third kappa shape index (κ3) is 2.69. The van der Waals surface area contributed by atoms with E-state index < -0.39 is 5.82 Å². The SMILES string of the molecule is Cn1cc(C(Cc2cccc(Cl)c2F)NN)cn1. The van der Waals surface area contributed by atoms with Crippen LogP contribution in [0.1, 0.15) is 17.2 Å². The van der Waals surface area contributed by atoms with Crippen LogP contribution in [-0.2, 0) is 13.5 Å². The first-order valence-corrected chi connectivity index (χ1v) is 5.87. The molecule has 0 aliphatic heterocycles. The maximum atomic E-state index is 13.8. The van der Waals surface area contributed by atoms with Gasteiger partial charge in [0.15, 0.2) is 0 Å². The Morgan fingerprint density at radius 2 is 2.33 bits per heavy atom. The van der Waals surface area contributed by atoms with Crippen molar-refractivity contribution < 1.29 is 4.39 Å². The van der Waals surface area contributed by atoms with Gasteiger partial charge in [-0.1, -0.05) is 23.7 Å². The number of hydrogen-bond donors (Lipinski definition) is 2. The molecule has 1 atom stereocenters. The van der Waals surface area contributed by atoms with Crippen molar-refractivity contribution in [2.45, 2.75) is 12.5 Å². The van der Waals surface area contributed by atoms with Crippen LogP contribution in [0, 0.1) is 5.82 Å². The number of aromatic nitrogens is 2. The highest BCUT2D eigenvalue weighted by Gasteiger charge is 2.15. The summed E-state index contributed by atoms with van der Waals surface area (Å²) < 4.78 is 15.5. The molecule has 2 rings (SSSR count). The average molecular weight is 269 g/mol. The van der Waals surface area contributed by atoms with Crippen LogP contribution >= 0.6 is 11.6 Å². The Morgan fingerprint density at radius 1 is 1.56 bits per heavy atom. The summed E-state index contributed by atoms with van der Waals surface area (Å²) in [5.74, 6) is 5.11. The lowest BCUT2D eigenvalue weighted by Gasteiger charge is -2.14. The van der Waals surface area contributed by atoms with Crippen LogP contribution in [0.15, 0.2) is 30.6 Å². The number of benzene rings is 1. The number of hydrazine groups is 1. The van der Waals surface area contributed by atoms with Crippen LogP contribution in [0.5, 0.6) is 0 Å². The fourth-order valence-electron chi connectivity index (χ4n) is 1.82. The summed E-state index contributed by atoms with van der Waals surface area (Å²) in [4.78, 5) is 0. The third-order valence-corrected chi connectivity index (χ3v) is 3.08. The Kier molecular flexibility index (Phi) is 3.96. The summed E-state index contributed by atoms with van der Waals surface area (Å²) in [5, 5.41) is 4.19. The molecule has 1 aromatic heterocycles. The first kappa shape index (κ1) is 13.0. The van der Waals surface area contributed by atoms with Gasteiger partial charge in [-0.15, -0.1) is 0 Å². The predicted octanol–water partition coefficient (Wildman–Crippen LogP) is 1.96. The molecule has 0 radical (unpaired) electrons. The summed E-state index contributed by atoms with van der Waals surface area (Å²) >= 11 is 5.75. The molecule has 1 aromatic carbocycles. The number of hydrogen-bond acceptors (Lipinski definition) is 3. The molecule has 0 aliphatic rings. The topological polar surface area (TPSA) is 55.9 Å². The summed E-state index contributed by atoms with van der Waals surface area (Å²) in [6.45, 7) is 0. The molecule has 6 heteroatoms. The van der Waals surface area contributed by atoms with Gasteiger partial charge in [-0.05, 0) is 18.1 Å². The van der Waals surface area contributed by atoms with Crippen LogP contribution in [0.2, 0.25) is 5.02 Å². The second-order valence-electron chi connectivity index (χ2n) is 4.08. The Bertz CT molecular complexity index is 541. The molecular formula is C12H14ClFN4. The van der Waals surface area contributed by atoms with E-state index in [1.54, 1.807) is 23.0 Å². The van der Waals surface area contributed by atoms with Gasteiger partial charge in [0.2, 0.25) is 0 Å². The standard InChI is InChI=1S/C12H14ClFN4/c1-18-7-9(6-16-18)11(17-15)5-8-3-2-4-10(13)12(8)14/h2-4,6-7,11,17H,5,15H2,1H3. The summed E-state index contributed by atoms with van der Waals surface area (Å²) in [7, 11) is 1.82. The zero-order valence-electron chi connectivity index (χ0n) is 9.90. The Morgan fingerprint density at radius 3 is 2.94 bits per heavy atom. The molecule has 0 bridgehead atoms. The molecule has 1 unspecified atom stereocenters. The van der Waals surface area contributed by atoms with E-state index >= 15 is 0 Å². The average Bonchev–Trinajstić information content (AvgIpc) is 2.78. The molecule has 4 nitrogen and oxygen atoms in total. The van der Waals surface area contributed by atoms with Gasteiger partial charge in [-0.25, -0.2) is 4.39 Å². The third-order valence-electron chi connectivity index (χ3n) is 2.78. The molecule has 2 aromatic rings. The molecule has 96 valence electrons. The van der Waals surface area contributed by atoms with Gasteiger partial charge in [0.05, 0.1) is 17.3 Å². The zero-order chi connectivity index (χ0) is 13.1. The fourth-order valence-corrected chi connectivity index (χ4v) is 2.01. The number of rotatable bonds is 4. The van der Waals surface area contributed by atoms with Gasteiger partial charge in [0.25, 0.3) is 0 Å². The molecule has 0 saturated heterocycles. The quantitative estimate of drug-likeness (QED) is 0.658. The van der Waals surface area contributed by atoms with Gasteiger partial charge in [-0.2, -0.15) is 5.10 Å². The first-order valence-electron chi connectivity index (χ1n) is 5.49. The minimum atomic E-state index is -0.400. The molecule has 0 aliphatic carbocycles. The van der Waals surface area contributed by atoms with Gasteiger partial charge < -0.3 is 0 Å². The first-order chi connectivity index (χ1) is 8.61. The smallest absolute Gasteiger partial charge is 0.145 e. The van der Waals surface area contributed by atoms with Crippen LogP contribution in [-0.4, -0.2) is 9.78 Å². The number of nitrogens with two attached hydrogens (primary N) is 1. The molecule has 18 heavy (non-hydrogen) atoms. The van der Waals surface area contributed by atoms with Crippen molar-refractivity contribution in [1.29, 1.82) is 0 Å². The van der Waals surface area contributed by atoms with Crippen molar-refractivity contribution in [3.63, 3.8) is 0 Å². The largest absolute Gasteiger partial charge is 0.275 e. The van der Waals surface area contributed by atoms with E-state index in [1.807, 2.05) is 13.2 Å². The Balaban J connectivity index is 2.23. The van der Waals surface area contributed by atoms with Crippen LogP contribution in [0.4, 0.5) is 4.39 Å². The van der Waals surface area contributed by atoms with E-state index in [1.165, 1.54) is 6.07 Å². The van der Waals surface area contributed by atoms with Crippen molar-refractivity contribution >= 4 is 11.6 Å². The maximum absolute atomic E-state index is 13.8. The highest BCUT2D eigenvalue weighted by atomic mass is 35.5. The van der Waals surface area contributed by atoms with Crippen LogP contribution < -0.4 is 11.3 Å². The Labute approximate surface area is 110 Å². The predicted molar refractivity (Wildman–Crippen MR) is 68.4 cm³/mol. The van der Waals surface area contributed by atoms with Crippen molar-refractivity contribution in [3.05, 3.63) is 52.6 Å². The van der Waals surface area contributed by atoms with Crippen molar-refractivity contribution in [1.82, 2.24) is 15.2 Å². The van der Waals surface area contributed by atoms with Gasteiger partial charge in [-0.3, -0.25) is 16.0 Å². The van der Waals surface area contributed by atoms with E-state index in [-0.39, 0.29) is 11.1 Å². The van der Waals surface area contributed by atoms with Crippen molar-refractivity contribution in [3.8, 4) is 0 Å². The number of nitrogens with zero attached hydrogens (tertiary/aromatic N) is 2.